The fourth-order valence-corrected chi connectivity index (χ4v) is 1.91. The molecule has 1 aliphatic rings. The van der Waals surface area contributed by atoms with E-state index in [9.17, 15) is 0 Å². The van der Waals surface area contributed by atoms with Gasteiger partial charge in [-0.3, -0.25) is 5.84 Å². The highest BCUT2D eigenvalue weighted by atomic mass is 16.5. The van der Waals surface area contributed by atoms with Gasteiger partial charge in [-0.05, 0) is 26.2 Å². The van der Waals surface area contributed by atoms with Crippen molar-refractivity contribution in [3.05, 3.63) is 0 Å². The van der Waals surface area contributed by atoms with Gasteiger partial charge in [0, 0.05) is 25.3 Å². The summed E-state index contributed by atoms with van der Waals surface area (Å²) in [4.78, 5) is 0. The predicted octanol–water partition coefficient (Wildman–Crippen LogP) is 1.53. The zero-order valence-electron chi connectivity index (χ0n) is 8.83. The molecule has 1 rings (SSSR count). The average molecular weight is 186 g/mol. The highest BCUT2D eigenvalue weighted by molar-refractivity contribution is 4.74. The summed E-state index contributed by atoms with van der Waals surface area (Å²) in [5, 5.41) is 2.03. The van der Waals surface area contributed by atoms with Crippen LogP contribution in [0.1, 0.15) is 39.5 Å². The van der Waals surface area contributed by atoms with Crippen LogP contribution >= 0.6 is 0 Å². The molecule has 0 spiro atoms. The molecule has 0 aliphatic carbocycles. The second-order valence-corrected chi connectivity index (χ2v) is 3.93. The first kappa shape index (κ1) is 11.0. The zero-order chi connectivity index (χ0) is 9.68. The van der Waals surface area contributed by atoms with Gasteiger partial charge in [0.1, 0.15) is 0 Å². The second-order valence-electron chi connectivity index (χ2n) is 3.93. The summed E-state index contributed by atoms with van der Waals surface area (Å²) in [6.45, 7) is 6.15. The fraction of sp³-hybridized carbons (Fsp3) is 1.00. The molecule has 0 amide bonds. The summed E-state index contributed by atoms with van der Waals surface area (Å²) < 4.78 is 5.31. The summed E-state index contributed by atoms with van der Waals surface area (Å²) in [5.74, 6) is 6.06. The van der Waals surface area contributed by atoms with Crippen LogP contribution < -0.4 is 5.84 Å². The Kier molecular flexibility index (Phi) is 4.70. The van der Waals surface area contributed by atoms with Gasteiger partial charge in [0.2, 0.25) is 0 Å². The molecule has 3 heteroatoms. The van der Waals surface area contributed by atoms with E-state index in [-0.39, 0.29) is 0 Å². The quantitative estimate of drug-likeness (QED) is 0.534. The van der Waals surface area contributed by atoms with Crippen LogP contribution in [0.4, 0.5) is 0 Å². The molecule has 0 bridgehead atoms. The first-order valence-corrected chi connectivity index (χ1v) is 5.36. The summed E-state index contributed by atoms with van der Waals surface area (Å²) in [6.07, 6.45) is 4.57. The molecular weight excluding hydrogens is 164 g/mol. The van der Waals surface area contributed by atoms with Crippen molar-refractivity contribution in [1.29, 1.82) is 0 Å². The third kappa shape index (κ3) is 3.25. The number of nitrogens with zero attached hydrogens (tertiary/aromatic N) is 1. The Bertz CT molecular complexity index is 135. The van der Waals surface area contributed by atoms with Gasteiger partial charge in [0.25, 0.3) is 0 Å². The van der Waals surface area contributed by atoms with E-state index in [4.69, 9.17) is 10.6 Å². The Morgan fingerprint density at radius 3 is 2.62 bits per heavy atom. The number of rotatable bonds is 4. The Balaban J connectivity index is 2.31. The molecule has 78 valence electrons. The third-order valence-corrected chi connectivity index (χ3v) is 2.83. The highest BCUT2D eigenvalue weighted by Gasteiger charge is 2.22. The molecule has 0 saturated carbocycles. The first-order valence-electron chi connectivity index (χ1n) is 5.36. The maximum Gasteiger partial charge on any atom is 0.0481 e. The minimum absolute atomic E-state index is 0.507. The van der Waals surface area contributed by atoms with E-state index in [1.54, 1.807) is 0 Å². The molecule has 13 heavy (non-hydrogen) atoms. The van der Waals surface area contributed by atoms with Crippen molar-refractivity contribution >= 4 is 0 Å². The molecular formula is C10H22N2O. The Morgan fingerprint density at radius 2 is 2.08 bits per heavy atom. The monoisotopic (exact) mass is 186 g/mol. The molecule has 2 N–H and O–H groups in total. The minimum Gasteiger partial charge on any atom is -0.381 e. The topological polar surface area (TPSA) is 38.5 Å². The van der Waals surface area contributed by atoms with Crippen molar-refractivity contribution in [3.8, 4) is 0 Å². The Morgan fingerprint density at radius 1 is 1.46 bits per heavy atom. The molecule has 1 heterocycles. The van der Waals surface area contributed by atoms with Gasteiger partial charge in [0.05, 0.1) is 0 Å². The highest BCUT2D eigenvalue weighted by Crippen LogP contribution is 2.15. The standard InChI is InChI=1S/C10H22N2O/c1-3-4-9(2)12(11)10-5-7-13-8-6-10/h9-10H,3-8,11H2,1-2H3. The number of ether oxygens (including phenoxy) is 1. The van der Waals surface area contributed by atoms with Crippen LogP contribution in [0.5, 0.6) is 0 Å². The van der Waals surface area contributed by atoms with Gasteiger partial charge in [-0.2, -0.15) is 0 Å². The fourth-order valence-electron chi connectivity index (χ4n) is 1.91. The molecule has 1 saturated heterocycles. The van der Waals surface area contributed by atoms with E-state index in [0.717, 1.165) is 26.1 Å². The molecule has 1 aliphatic heterocycles. The van der Waals surface area contributed by atoms with E-state index in [1.165, 1.54) is 12.8 Å². The van der Waals surface area contributed by atoms with E-state index in [1.807, 2.05) is 5.01 Å². The van der Waals surface area contributed by atoms with E-state index in [2.05, 4.69) is 13.8 Å². The van der Waals surface area contributed by atoms with Crippen LogP contribution in [0.15, 0.2) is 0 Å². The van der Waals surface area contributed by atoms with Crippen molar-refractivity contribution in [2.24, 2.45) is 5.84 Å². The lowest BCUT2D eigenvalue weighted by Crippen LogP contribution is -2.49. The predicted molar refractivity (Wildman–Crippen MR) is 54.2 cm³/mol. The number of nitrogens with two attached hydrogens (primary N) is 1. The molecule has 3 nitrogen and oxygen atoms in total. The van der Waals surface area contributed by atoms with Crippen molar-refractivity contribution in [3.63, 3.8) is 0 Å². The van der Waals surface area contributed by atoms with Gasteiger partial charge in [0.15, 0.2) is 0 Å². The van der Waals surface area contributed by atoms with Crippen LogP contribution in [0, 0.1) is 0 Å². The second kappa shape index (κ2) is 5.58. The van der Waals surface area contributed by atoms with Crippen molar-refractivity contribution in [2.45, 2.75) is 51.6 Å². The van der Waals surface area contributed by atoms with Crippen LogP contribution in [-0.2, 0) is 4.74 Å². The molecule has 0 radical (unpaired) electrons. The van der Waals surface area contributed by atoms with Crippen molar-refractivity contribution < 1.29 is 4.74 Å². The van der Waals surface area contributed by atoms with Gasteiger partial charge in [-0.1, -0.05) is 13.3 Å². The molecule has 0 aromatic carbocycles. The molecule has 0 aromatic rings. The van der Waals surface area contributed by atoms with E-state index < -0.39 is 0 Å². The van der Waals surface area contributed by atoms with Crippen LogP contribution in [0.25, 0.3) is 0 Å². The van der Waals surface area contributed by atoms with Gasteiger partial charge >= 0.3 is 0 Å². The van der Waals surface area contributed by atoms with Gasteiger partial charge in [-0.15, -0.1) is 0 Å². The van der Waals surface area contributed by atoms with Crippen molar-refractivity contribution in [1.82, 2.24) is 5.01 Å². The lowest BCUT2D eigenvalue weighted by Gasteiger charge is -2.34. The van der Waals surface area contributed by atoms with E-state index in [0.29, 0.717) is 12.1 Å². The number of hydrogen-bond donors (Lipinski definition) is 1. The molecule has 1 atom stereocenters. The number of hydrazine groups is 1. The number of hydrogen-bond acceptors (Lipinski definition) is 3. The zero-order valence-corrected chi connectivity index (χ0v) is 8.83. The minimum atomic E-state index is 0.507. The van der Waals surface area contributed by atoms with Crippen LogP contribution in [0.2, 0.25) is 0 Å². The maximum atomic E-state index is 6.06. The SMILES string of the molecule is CCCC(C)N(N)C1CCOCC1. The summed E-state index contributed by atoms with van der Waals surface area (Å²) in [7, 11) is 0. The maximum absolute atomic E-state index is 6.06. The molecule has 0 aromatic heterocycles. The Labute approximate surface area is 81.2 Å². The molecule has 1 unspecified atom stereocenters. The van der Waals surface area contributed by atoms with Gasteiger partial charge in [-0.25, -0.2) is 5.01 Å². The van der Waals surface area contributed by atoms with Crippen LogP contribution in [0.3, 0.4) is 0 Å². The lowest BCUT2D eigenvalue weighted by atomic mass is 10.1. The summed E-state index contributed by atoms with van der Waals surface area (Å²) in [5.41, 5.74) is 0. The molecule has 1 fully saturated rings. The summed E-state index contributed by atoms with van der Waals surface area (Å²) >= 11 is 0. The first-order chi connectivity index (χ1) is 6.25. The summed E-state index contributed by atoms with van der Waals surface area (Å²) in [6, 6.07) is 1.04. The smallest absolute Gasteiger partial charge is 0.0481 e. The average Bonchev–Trinajstić information content (AvgIpc) is 2.18. The van der Waals surface area contributed by atoms with E-state index >= 15 is 0 Å². The Hall–Kier alpha value is -0.120. The van der Waals surface area contributed by atoms with Crippen LogP contribution in [-0.4, -0.2) is 30.3 Å². The van der Waals surface area contributed by atoms with Gasteiger partial charge < -0.3 is 4.74 Å². The largest absolute Gasteiger partial charge is 0.381 e. The van der Waals surface area contributed by atoms with Crippen molar-refractivity contribution in [2.75, 3.05) is 13.2 Å². The normalized spacial score (nSPS) is 22.2. The lowest BCUT2D eigenvalue weighted by molar-refractivity contribution is 0.0176. The third-order valence-electron chi connectivity index (χ3n) is 2.83.